The number of hydrogen-bond acceptors (Lipinski definition) is 5. The van der Waals surface area contributed by atoms with Crippen LogP contribution < -0.4 is 11.1 Å². The van der Waals surface area contributed by atoms with Crippen LogP contribution in [0.2, 0.25) is 0 Å². The summed E-state index contributed by atoms with van der Waals surface area (Å²) in [5.74, 6) is -3.30. The topological polar surface area (TPSA) is 85.9 Å². The maximum Gasteiger partial charge on any atom is 0.415 e. The van der Waals surface area contributed by atoms with Crippen molar-refractivity contribution in [2.45, 2.75) is 82.5 Å². The number of carbonyl (C=O) groups is 1. The average molecular weight is 427 g/mol. The molecule has 1 aliphatic heterocycles. The van der Waals surface area contributed by atoms with Crippen molar-refractivity contribution in [2.24, 2.45) is 4.99 Å². The number of nitrogen functional groups attached to an aromatic ring is 1. The molecule has 0 saturated heterocycles. The van der Waals surface area contributed by atoms with Crippen molar-refractivity contribution < 1.29 is 27.4 Å². The Labute approximate surface area is 174 Å². The number of alkyl carbamates (subject to hydrolysis) is 1. The first-order valence-electron chi connectivity index (χ1n) is 9.93. The van der Waals surface area contributed by atoms with Gasteiger partial charge in [0, 0.05) is 30.5 Å². The molecule has 0 bridgehead atoms. The summed E-state index contributed by atoms with van der Waals surface area (Å²) in [5.41, 5.74) is 3.47. The molecule has 30 heavy (non-hydrogen) atoms. The zero-order chi connectivity index (χ0) is 22.4. The standard InChI is InChI=1S/C21H28F3N3O3/c1-18(2,3)30-17(28)26-16-27-19(4,14-11-13(25)5-6-15(14)22)12-20(29-16)7-9-21(23,24)10-8-20/h5-6,11H,7-10,12,25H2,1-4H3,(H,26,27,28). The summed E-state index contributed by atoms with van der Waals surface area (Å²) in [6, 6.07) is 3.97. The van der Waals surface area contributed by atoms with E-state index < -0.39 is 34.6 Å². The highest BCUT2D eigenvalue weighted by molar-refractivity contribution is 5.91. The second-order valence-electron chi connectivity index (χ2n) is 9.37. The third-order valence-electron chi connectivity index (χ3n) is 5.40. The average Bonchev–Trinajstić information content (AvgIpc) is 2.58. The summed E-state index contributed by atoms with van der Waals surface area (Å²) < 4.78 is 53.5. The van der Waals surface area contributed by atoms with Gasteiger partial charge in [-0.3, -0.25) is 0 Å². The fraction of sp³-hybridized carbons (Fsp3) is 0.619. The summed E-state index contributed by atoms with van der Waals surface area (Å²) >= 11 is 0. The lowest BCUT2D eigenvalue weighted by Gasteiger charge is -2.47. The van der Waals surface area contributed by atoms with Gasteiger partial charge in [0.05, 0.1) is 5.54 Å². The van der Waals surface area contributed by atoms with Gasteiger partial charge < -0.3 is 15.2 Å². The number of nitrogens with zero attached hydrogens (tertiary/aromatic N) is 1. The van der Waals surface area contributed by atoms with Gasteiger partial charge in [-0.05, 0) is 58.7 Å². The largest absolute Gasteiger partial charge is 0.458 e. The second kappa shape index (κ2) is 7.35. The lowest BCUT2D eigenvalue weighted by molar-refractivity contribution is -0.113. The number of carbonyl (C=O) groups excluding carboxylic acids is 1. The van der Waals surface area contributed by atoms with Crippen molar-refractivity contribution in [3.63, 3.8) is 0 Å². The molecule has 1 atom stereocenters. The summed E-state index contributed by atoms with van der Waals surface area (Å²) in [6.45, 7) is 6.78. The molecule has 1 aliphatic carbocycles. The zero-order valence-corrected chi connectivity index (χ0v) is 17.7. The van der Waals surface area contributed by atoms with Crippen LogP contribution in [0.25, 0.3) is 0 Å². The Balaban J connectivity index is 1.97. The van der Waals surface area contributed by atoms with E-state index in [2.05, 4.69) is 10.3 Å². The quantitative estimate of drug-likeness (QED) is 0.626. The minimum atomic E-state index is -2.78. The molecule has 6 nitrogen and oxygen atoms in total. The number of amides is 1. The molecule has 0 aromatic heterocycles. The van der Waals surface area contributed by atoms with Gasteiger partial charge in [-0.15, -0.1) is 0 Å². The monoisotopic (exact) mass is 427 g/mol. The maximum absolute atomic E-state index is 14.7. The molecule has 166 valence electrons. The fourth-order valence-electron chi connectivity index (χ4n) is 4.06. The van der Waals surface area contributed by atoms with Gasteiger partial charge in [-0.2, -0.15) is 0 Å². The predicted molar refractivity (Wildman–Crippen MR) is 107 cm³/mol. The normalized spacial score (nSPS) is 25.2. The summed E-state index contributed by atoms with van der Waals surface area (Å²) in [7, 11) is 0. The summed E-state index contributed by atoms with van der Waals surface area (Å²) in [6.07, 6.45) is -1.24. The molecular weight excluding hydrogens is 399 g/mol. The van der Waals surface area contributed by atoms with Crippen LogP contribution in [0.5, 0.6) is 0 Å². The molecule has 1 saturated carbocycles. The molecule has 1 aromatic rings. The number of halogens is 3. The van der Waals surface area contributed by atoms with Gasteiger partial charge in [0.25, 0.3) is 6.02 Å². The van der Waals surface area contributed by atoms with E-state index in [1.807, 2.05) is 0 Å². The predicted octanol–water partition coefficient (Wildman–Crippen LogP) is 4.87. The van der Waals surface area contributed by atoms with Crippen LogP contribution >= 0.6 is 0 Å². The minimum Gasteiger partial charge on any atom is -0.458 e. The number of ether oxygens (including phenoxy) is 2. The first-order chi connectivity index (χ1) is 13.7. The van der Waals surface area contributed by atoms with Crippen LogP contribution in [0.4, 0.5) is 23.7 Å². The van der Waals surface area contributed by atoms with E-state index >= 15 is 0 Å². The molecule has 0 radical (unpaired) electrons. The van der Waals surface area contributed by atoms with Crippen molar-refractivity contribution >= 4 is 17.8 Å². The van der Waals surface area contributed by atoms with Crippen LogP contribution in [-0.4, -0.2) is 29.2 Å². The van der Waals surface area contributed by atoms with Crippen molar-refractivity contribution in [3.05, 3.63) is 29.6 Å². The summed E-state index contributed by atoms with van der Waals surface area (Å²) in [4.78, 5) is 16.7. The highest BCUT2D eigenvalue weighted by Gasteiger charge is 2.52. The molecule has 3 N–H and O–H groups in total. The van der Waals surface area contributed by atoms with E-state index in [1.54, 1.807) is 27.7 Å². The number of rotatable bonds is 1. The number of alkyl halides is 2. The molecule has 1 heterocycles. The number of nitrogens with one attached hydrogen (secondary N) is 1. The zero-order valence-electron chi connectivity index (χ0n) is 17.7. The fourth-order valence-corrected chi connectivity index (χ4v) is 4.06. The molecule has 2 aliphatic rings. The van der Waals surface area contributed by atoms with Crippen molar-refractivity contribution in [3.8, 4) is 0 Å². The number of hydrogen-bond donors (Lipinski definition) is 2. The van der Waals surface area contributed by atoms with Crippen LogP contribution in [0.3, 0.4) is 0 Å². The molecule has 3 rings (SSSR count). The van der Waals surface area contributed by atoms with Gasteiger partial charge in [-0.1, -0.05) is 0 Å². The van der Waals surface area contributed by atoms with E-state index in [9.17, 15) is 18.0 Å². The lowest BCUT2D eigenvalue weighted by atomic mass is 9.72. The highest BCUT2D eigenvalue weighted by atomic mass is 19.3. The Morgan fingerprint density at radius 1 is 1.23 bits per heavy atom. The smallest absolute Gasteiger partial charge is 0.415 e. The summed E-state index contributed by atoms with van der Waals surface area (Å²) in [5, 5.41) is 2.45. The van der Waals surface area contributed by atoms with E-state index in [4.69, 9.17) is 15.2 Å². The number of benzene rings is 1. The Morgan fingerprint density at radius 3 is 2.47 bits per heavy atom. The van der Waals surface area contributed by atoms with Gasteiger partial charge in [0.1, 0.15) is 17.0 Å². The Morgan fingerprint density at radius 2 is 1.87 bits per heavy atom. The maximum atomic E-state index is 14.7. The number of amidine groups is 1. The first-order valence-corrected chi connectivity index (χ1v) is 9.93. The number of nitrogens with two attached hydrogens (primary N) is 1. The van der Waals surface area contributed by atoms with Gasteiger partial charge >= 0.3 is 6.09 Å². The molecule has 9 heteroatoms. The van der Waals surface area contributed by atoms with E-state index in [0.29, 0.717) is 5.69 Å². The van der Waals surface area contributed by atoms with E-state index in [0.717, 1.165) is 0 Å². The van der Waals surface area contributed by atoms with Crippen LogP contribution in [-0.2, 0) is 15.0 Å². The molecule has 1 amide bonds. The molecular formula is C21H28F3N3O3. The van der Waals surface area contributed by atoms with Crippen molar-refractivity contribution in [1.29, 1.82) is 0 Å². The first kappa shape index (κ1) is 22.2. The highest BCUT2D eigenvalue weighted by Crippen LogP contribution is 2.49. The number of anilines is 1. The Hall–Kier alpha value is -2.45. The molecule has 1 fully saturated rings. The van der Waals surface area contributed by atoms with Crippen LogP contribution in [0.15, 0.2) is 23.2 Å². The molecule has 1 aromatic carbocycles. The van der Waals surface area contributed by atoms with Gasteiger partial charge in [-0.25, -0.2) is 28.3 Å². The van der Waals surface area contributed by atoms with E-state index in [1.165, 1.54) is 18.2 Å². The third kappa shape index (κ3) is 4.99. The van der Waals surface area contributed by atoms with Gasteiger partial charge in [0.2, 0.25) is 5.92 Å². The van der Waals surface area contributed by atoms with Crippen molar-refractivity contribution in [1.82, 2.24) is 5.32 Å². The van der Waals surface area contributed by atoms with Crippen molar-refractivity contribution in [2.75, 3.05) is 5.73 Å². The molecule has 1 unspecified atom stereocenters. The van der Waals surface area contributed by atoms with Crippen LogP contribution in [0, 0.1) is 5.82 Å². The van der Waals surface area contributed by atoms with E-state index in [-0.39, 0.29) is 43.7 Å². The lowest BCUT2D eigenvalue weighted by Crippen LogP contribution is -2.53. The minimum absolute atomic E-state index is 0.0501. The van der Waals surface area contributed by atoms with Crippen LogP contribution in [0.1, 0.15) is 65.4 Å². The SMILES string of the molecule is CC(C)(C)OC(=O)NC1=NC(C)(c2cc(N)ccc2F)CC2(CCC(F)(F)CC2)O1. The third-order valence-corrected chi connectivity index (χ3v) is 5.40. The second-order valence-corrected chi connectivity index (χ2v) is 9.37. The Kier molecular flexibility index (Phi) is 5.45. The Bertz CT molecular complexity index is 857. The number of aliphatic imine (C=N–C) groups is 1. The molecule has 1 spiro atoms. The van der Waals surface area contributed by atoms with Gasteiger partial charge in [0.15, 0.2) is 0 Å².